The highest BCUT2D eigenvalue weighted by Gasteiger charge is 2.24. The fraction of sp³-hybridized carbons (Fsp3) is 0.763. The maximum atomic E-state index is 13.4. The molecule has 2 unspecified atom stereocenters. The van der Waals surface area contributed by atoms with Crippen LogP contribution >= 0.6 is 0 Å². The SMILES string of the molecule is CCCCCCCCCC(=O)NCCCNCCCC(=O)NC(Cc1c[nH]c(C)c1CCCC)C(=O)NCCCC(NC(=O)CCC(=O)O)C(O)O. The predicted molar refractivity (Wildman–Crippen MR) is 201 cm³/mol. The van der Waals surface area contributed by atoms with Gasteiger partial charge in [-0.15, -0.1) is 0 Å². The Hall–Kier alpha value is -3.49. The normalized spacial score (nSPS) is 12.3. The van der Waals surface area contributed by atoms with Crippen LogP contribution < -0.4 is 26.6 Å². The molecule has 0 saturated heterocycles. The van der Waals surface area contributed by atoms with E-state index in [1.165, 1.54) is 32.1 Å². The van der Waals surface area contributed by atoms with E-state index < -0.39 is 30.3 Å². The van der Waals surface area contributed by atoms with E-state index in [0.717, 1.165) is 61.9 Å². The Morgan fingerprint density at radius 2 is 1.33 bits per heavy atom. The molecule has 1 heterocycles. The number of H-pyrrole nitrogens is 1. The van der Waals surface area contributed by atoms with Gasteiger partial charge in [-0.2, -0.15) is 0 Å². The maximum Gasteiger partial charge on any atom is 0.303 e. The average Bonchev–Trinajstić information content (AvgIpc) is 3.45. The minimum atomic E-state index is -1.85. The molecular weight excluding hydrogens is 668 g/mol. The summed E-state index contributed by atoms with van der Waals surface area (Å²) in [5.74, 6) is -2.25. The number of carboxylic acids is 1. The van der Waals surface area contributed by atoms with Crippen molar-refractivity contribution in [2.24, 2.45) is 0 Å². The number of rotatable bonds is 32. The Morgan fingerprint density at radius 3 is 2.02 bits per heavy atom. The van der Waals surface area contributed by atoms with Crippen LogP contribution in [0.3, 0.4) is 0 Å². The second kappa shape index (κ2) is 29.0. The number of nitrogens with one attached hydrogen (secondary N) is 6. The molecule has 52 heavy (non-hydrogen) atoms. The minimum absolute atomic E-state index is 0.0997. The lowest BCUT2D eigenvalue weighted by molar-refractivity contribution is -0.139. The largest absolute Gasteiger partial charge is 0.481 e. The molecule has 0 aliphatic carbocycles. The first kappa shape index (κ1) is 46.5. The average molecular weight is 737 g/mol. The first-order valence-corrected chi connectivity index (χ1v) is 19.6. The van der Waals surface area contributed by atoms with Crippen LogP contribution in [0, 0.1) is 6.92 Å². The zero-order valence-corrected chi connectivity index (χ0v) is 32.0. The number of aliphatic carboxylic acids is 1. The van der Waals surface area contributed by atoms with E-state index in [1.807, 2.05) is 13.1 Å². The zero-order chi connectivity index (χ0) is 38.6. The lowest BCUT2D eigenvalue weighted by Crippen LogP contribution is -2.48. The van der Waals surface area contributed by atoms with E-state index in [-0.39, 0.29) is 49.9 Å². The summed E-state index contributed by atoms with van der Waals surface area (Å²) in [5.41, 5.74) is 3.15. The highest BCUT2D eigenvalue weighted by atomic mass is 16.5. The summed E-state index contributed by atoms with van der Waals surface area (Å²) in [6.45, 7) is 8.44. The molecule has 9 N–H and O–H groups in total. The molecule has 0 spiro atoms. The number of carboxylic acid groups (broad SMARTS) is 1. The van der Waals surface area contributed by atoms with Gasteiger partial charge in [-0.1, -0.05) is 58.8 Å². The number of hydrogen-bond acceptors (Lipinski definition) is 8. The fourth-order valence-electron chi connectivity index (χ4n) is 5.91. The standard InChI is InChI=1S/C38H68N6O8/c1-4-6-8-9-10-11-12-18-33(45)40-25-15-23-39-22-14-19-34(46)44-32(26-29-27-42-28(3)30(29)16-7-5-2)37(50)41-24-13-17-31(38(51)52)43-35(47)20-21-36(48)49/h27,31-32,38-39,42,51-52H,4-26H2,1-3H3,(H,40,45)(H,41,50)(H,43,47)(H,44,46)(H,48,49). The molecule has 0 aliphatic heterocycles. The van der Waals surface area contributed by atoms with Crippen molar-refractivity contribution < 1.29 is 39.3 Å². The molecule has 2 atom stereocenters. The first-order chi connectivity index (χ1) is 25.0. The summed E-state index contributed by atoms with van der Waals surface area (Å²) in [5, 5.41) is 42.6. The molecular formula is C38H68N6O8. The van der Waals surface area contributed by atoms with Crippen molar-refractivity contribution in [1.29, 1.82) is 0 Å². The molecule has 0 radical (unpaired) electrons. The highest BCUT2D eigenvalue weighted by Crippen LogP contribution is 2.19. The third-order valence-corrected chi connectivity index (χ3v) is 9.04. The molecule has 0 saturated carbocycles. The van der Waals surface area contributed by atoms with Crippen molar-refractivity contribution in [3.63, 3.8) is 0 Å². The maximum absolute atomic E-state index is 13.4. The van der Waals surface area contributed by atoms with Crippen LogP contribution in [-0.2, 0) is 36.8 Å². The van der Waals surface area contributed by atoms with Crippen LogP contribution in [0.15, 0.2) is 6.20 Å². The van der Waals surface area contributed by atoms with Crippen LogP contribution in [0.5, 0.6) is 0 Å². The van der Waals surface area contributed by atoms with Crippen molar-refractivity contribution in [3.05, 3.63) is 23.0 Å². The van der Waals surface area contributed by atoms with Crippen LogP contribution in [0.1, 0.15) is 140 Å². The quantitative estimate of drug-likeness (QED) is 0.0391. The molecule has 0 bridgehead atoms. The van der Waals surface area contributed by atoms with Crippen LogP contribution in [-0.4, -0.2) is 94.5 Å². The number of carbonyl (C=O) groups is 5. The highest BCUT2D eigenvalue weighted by molar-refractivity contribution is 5.88. The summed E-state index contributed by atoms with van der Waals surface area (Å²) in [6, 6.07) is -1.85. The van der Waals surface area contributed by atoms with E-state index >= 15 is 0 Å². The number of aromatic amines is 1. The number of carbonyl (C=O) groups excluding carboxylic acids is 4. The minimum Gasteiger partial charge on any atom is -0.481 e. The van der Waals surface area contributed by atoms with Gasteiger partial charge >= 0.3 is 5.97 Å². The Kier molecular flexibility index (Phi) is 26.0. The van der Waals surface area contributed by atoms with Crippen molar-refractivity contribution >= 4 is 29.6 Å². The van der Waals surface area contributed by atoms with Gasteiger partial charge in [-0.25, -0.2) is 0 Å². The summed E-state index contributed by atoms with van der Waals surface area (Å²) < 4.78 is 0. The number of aryl methyl sites for hydroxylation is 1. The van der Waals surface area contributed by atoms with E-state index in [9.17, 15) is 34.2 Å². The zero-order valence-electron chi connectivity index (χ0n) is 32.0. The lowest BCUT2D eigenvalue weighted by atomic mass is 9.98. The number of aliphatic hydroxyl groups is 2. The fourth-order valence-corrected chi connectivity index (χ4v) is 5.91. The monoisotopic (exact) mass is 737 g/mol. The van der Waals surface area contributed by atoms with Gasteiger partial charge in [0.2, 0.25) is 23.6 Å². The Morgan fingerprint density at radius 1 is 0.692 bits per heavy atom. The third kappa shape index (κ3) is 22.4. The van der Waals surface area contributed by atoms with Gasteiger partial charge in [0.25, 0.3) is 0 Å². The lowest BCUT2D eigenvalue weighted by Gasteiger charge is -2.22. The second-order valence-corrected chi connectivity index (χ2v) is 13.7. The molecule has 14 heteroatoms. The van der Waals surface area contributed by atoms with Crippen LogP contribution in [0.2, 0.25) is 0 Å². The number of aromatic nitrogens is 1. The summed E-state index contributed by atoms with van der Waals surface area (Å²) in [6.07, 6.45) is 13.4. The van der Waals surface area contributed by atoms with Gasteiger partial charge in [0.05, 0.1) is 12.5 Å². The van der Waals surface area contributed by atoms with E-state index in [1.54, 1.807) is 0 Å². The Bertz CT molecular complexity index is 1170. The topological polar surface area (TPSA) is 222 Å². The second-order valence-electron chi connectivity index (χ2n) is 13.7. The number of amides is 4. The third-order valence-electron chi connectivity index (χ3n) is 9.04. The first-order valence-electron chi connectivity index (χ1n) is 19.6. The van der Waals surface area contributed by atoms with Crippen LogP contribution in [0.25, 0.3) is 0 Å². The molecule has 1 aromatic rings. The smallest absolute Gasteiger partial charge is 0.303 e. The molecule has 1 aromatic heterocycles. The molecule has 0 aromatic carbocycles. The van der Waals surface area contributed by atoms with Crippen molar-refractivity contribution in [2.45, 2.75) is 161 Å². The van der Waals surface area contributed by atoms with E-state index in [4.69, 9.17) is 5.11 Å². The summed E-state index contributed by atoms with van der Waals surface area (Å²) in [4.78, 5) is 64.3. The van der Waals surface area contributed by atoms with Gasteiger partial charge in [0.15, 0.2) is 6.29 Å². The molecule has 4 amide bonds. The van der Waals surface area contributed by atoms with Crippen molar-refractivity contribution in [1.82, 2.24) is 31.6 Å². The summed E-state index contributed by atoms with van der Waals surface area (Å²) in [7, 11) is 0. The van der Waals surface area contributed by atoms with Gasteiger partial charge in [0, 0.05) is 50.7 Å². The molecule has 0 fully saturated rings. The molecule has 298 valence electrons. The Balaban J connectivity index is 2.53. The number of hydrogen-bond donors (Lipinski definition) is 9. The predicted octanol–water partition coefficient (Wildman–Crippen LogP) is 3.27. The van der Waals surface area contributed by atoms with Gasteiger partial charge in [0.1, 0.15) is 6.04 Å². The van der Waals surface area contributed by atoms with E-state index in [2.05, 4.69) is 45.4 Å². The number of unbranched alkanes of at least 4 members (excludes halogenated alkanes) is 7. The van der Waals surface area contributed by atoms with Crippen LogP contribution in [0.4, 0.5) is 0 Å². The summed E-state index contributed by atoms with van der Waals surface area (Å²) >= 11 is 0. The van der Waals surface area contributed by atoms with Crippen molar-refractivity contribution in [3.8, 4) is 0 Å². The Labute approximate surface area is 310 Å². The van der Waals surface area contributed by atoms with E-state index in [0.29, 0.717) is 38.8 Å². The molecule has 1 rings (SSSR count). The van der Waals surface area contributed by atoms with Gasteiger partial charge in [-0.3, -0.25) is 24.0 Å². The molecule has 14 nitrogen and oxygen atoms in total. The van der Waals surface area contributed by atoms with Crippen molar-refractivity contribution in [2.75, 3.05) is 26.2 Å². The number of aliphatic hydroxyl groups excluding tert-OH is 1. The van der Waals surface area contributed by atoms with Gasteiger partial charge in [-0.05, 0) is 76.1 Å². The van der Waals surface area contributed by atoms with Gasteiger partial charge < -0.3 is 46.9 Å². The molecule has 0 aliphatic rings.